The van der Waals surface area contributed by atoms with Crippen molar-refractivity contribution in [3.05, 3.63) is 70.9 Å². The fourth-order valence-corrected chi connectivity index (χ4v) is 5.68. The van der Waals surface area contributed by atoms with E-state index in [2.05, 4.69) is 16.3 Å². The van der Waals surface area contributed by atoms with Crippen LogP contribution in [0.3, 0.4) is 0 Å². The van der Waals surface area contributed by atoms with E-state index in [1.807, 2.05) is 35.0 Å². The zero-order valence-corrected chi connectivity index (χ0v) is 21.0. The molecule has 0 spiro atoms. The first-order chi connectivity index (χ1) is 17.5. The van der Waals surface area contributed by atoms with Crippen molar-refractivity contribution in [1.82, 2.24) is 20.0 Å². The summed E-state index contributed by atoms with van der Waals surface area (Å²) in [6, 6.07) is 11.4. The Labute approximate surface area is 211 Å². The van der Waals surface area contributed by atoms with Gasteiger partial charge >= 0.3 is 0 Å². The maximum absolute atomic E-state index is 13.3. The number of aromatic nitrogens is 2. The number of H-pyrrole nitrogens is 1. The van der Waals surface area contributed by atoms with Crippen molar-refractivity contribution < 1.29 is 18.7 Å². The average Bonchev–Trinajstić information content (AvgIpc) is 3.61. The highest BCUT2D eigenvalue weighted by molar-refractivity contribution is 5.94. The fourth-order valence-electron chi connectivity index (χ4n) is 5.68. The van der Waals surface area contributed by atoms with Gasteiger partial charge in [-0.15, -0.1) is 0 Å². The predicted molar refractivity (Wildman–Crippen MR) is 135 cm³/mol. The van der Waals surface area contributed by atoms with Crippen molar-refractivity contribution in [1.29, 1.82) is 0 Å². The van der Waals surface area contributed by atoms with E-state index in [0.29, 0.717) is 31.0 Å². The zero-order chi connectivity index (χ0) is 25.1. The summed E-state index contributed by atoms with van der Waals surface area (Å²) in [6.07, 6.45) is 8.02. The molecule has 5 rings (SSSR count). The largest absolute Gasteiger partial charge is 0.497 e. The van der Waals surface area contributed by atoms with Gasteiger partial charge in [0.1, 0.15) is 5.75 Å². The second-order valence-corrected chi connectivity index (χ2v) is 9.88. The Hall–Kier alpha value is -3.55. The van der Waals surface area contributed by atoms with Crippen LogP contribution in [0.1, 0.15) is 63.5 Å². The molecule has 0 saturated carbocycles. The first-order valence-electron chi connectivity index (χ1n) is 12.8. The van der Waals surface area contributed by atoms with Crippen LogP contribution in [0.5, 0.6) is 5.75 Å². The number of hydrogen-bond acceptors (Lipinski definition) is 5. The number of aryl methyl sites for hydroxylation is 1. The number of methoxy groups -OCH3 is 1. The van der Waals surface area contributed by atoms with E-state index in [9.17, 15) is 9.59 Å². The lowest BCUT2D eigenvalue weighted by Crippen LogP contribution is -2.48. The smallest absolute Gasteiger partial charge is 0.289 e. The molecule has 1 aliphatic carbocycles. The normalized spacial score (nSPS) is 16.9. The fraction of sp³-hybridized carbons (Fsp3) is 0.464. The van der Waals surface area contributed by atoms with E-state index in [1.165, 1.54) is 6.26 Å². The van der Waals surface area contributed by atoms with Gasteiger partial charge in [0, 0.05) is 37.4 Å². The Morgan fingerprint density at radius 2 is 2.00 bits per heavy atom. The summed E-state index contributed by atoms with van der Waals surface area (Å²) in [4.78, 5) is 30.3. The molecular weight excluding hydrogens is 456 g/mol. The number of carbonyl (C=O) groups is 2. The molecule has 8 heteroatoms. The number of amides is 2. The topological polar surface area (TPSA) is 91.7 Å². The van der Waals surface area contributed by atoms with Crippen LogP contribution in [0.25, 0.3) is 0 Å². The van der Waals surface area contributed by atoms with Gasteiger partial charge in [0.25, 0.3) is 11.8 Å². The van der Waals surface area contributed by atoms with Gasteiger partial charge in [0.15, 0.2) is 11.5 Å². The van der Waals surface area contributed by atoms with Gasteiger partial charge in [-0.1, -0.05) is 12.1 Å². The monoisotopic (exact) mass is 490 g/mol. The molecule has 1 fully saturated rings. The molecule has 1 N–H and O–H groups in total. The number of hydrogen-bond donors (Lipinski definition) is 1. The van der Waals surface area contributed by atoms with Crippen molar-refractivity contribution in [2.24, 2.45) is 5.92 Å². The zero-order valence-electron chi connectivity index (χ0n) is 21.0. The summed E-state index contributed by atoms with van der Waals surface area (Å²) >= 11 is 0. The Morgan fingerprint density at radius 1 is 1.19 bits per heavy atom. The minimum absolute atomic E-state index is 0.0252. The number of likely N-dealkylation sites (tertiary alicyclic amines) is 1. The number of rotatable bonds is 7. The molecular formula is C28H34N4O4. The first kappa shape index (κ1) is 24.2. The van der Waals surface area contributed by atoms with Crippen LogP contribution in [-0.2, 0) is 19.3 Å². The van der Waals surface area contributed by atoms with Crippen molar-refractivity contribution in [3.8, 4) is 5.75 Å². The predicted octanol–water partition coefficient (Wildman–Crippen LogP) is 4.13. The van der Waals surface area contributed by atoms with E-state index in [1.54, 1.807) is 19.2 Å². The summed E-state index contributed by atoms with van der Waals surface area (Å²) in [5.41, 5.74) is 3.94. The molecule has 1 aliphatic heterocycles. The molecule has 1 saturated heterocycles. The number of aromatic amines is 1. The standard InChI is InChI=1S/C28H34N4O4/c1-31(27(33)25-11-6-16-36-25)24(18-19-7-5-8-21(17-19)35-2)20-12-14-32(15-13-20)28(34)26-22-9-3-4-10-23(22)29-30-26/h5-8,11,16-17,20,24H,3-4,9-10,12-15,18H2,1-2H3,(H,29,30)/t24-/m1/s1. The van der Waals surface area contributed by atoms with Gasteiger partial charge in [-0.2, -0.15) is 5.10 Å². The third-order valence-corrected chi connectivity index (χ3v) is 7.76. The van der Waals surface area contributed by atoms with Crippen molar-refractivity contribution >= 4 is 11.8 Å². The molecule has 2 aromatic heterocycles. The summed E-state index contributed by atoms with van der Waals surface area (Å²) in [5.74, 6) is 1.28. The van der Waals surface area contributed by atoms with Crippen molar-refractivity contribution in [2.75, 3.05) is 27.2 Å². The lowest BCUT2D eigenvalue weighted by atomic mass is 9.84. The van der Waals surface area contributed by atoms with Crippen LogP contribution in [0.15, 0.2) is 47.1 Å². The molecule has 2 amide bonds. The Kier molecular flexibility index (Phi) is 7.11. The second kappa shape index (κ2) is 10.6. The number of ether oxygens (including phenoxy) is 1. The van der Waals surface area contributed by atoms with Crippen LogP contribution in [0.2, 0.25) is 0 Å². The number of fused-ring (bicyclic) bond motifs is 1. The molecule has 0 radical (unpaired) electrons. The maximum atomic E-state index is 13.3. The van der Waals surface area contributed by atoms with Crippen LogP contribution in [0, 0.1) is 5.92 Å². The summed E-state index contributed by atoms with van der Waals surface area (Å²) in [6.45, 7) is 1.31. The molecule has 3 heterocycles. The van der Waals surface area contributed by atoms with E-state index >= 15 is 0 Å². The third-order valence-electron chi connectivity index (χ3n) is 7.76. The van der Waals surface area contributed by atoms with E-state index in [-0.39, 0.29) is 23.8 Å². The van der Waals surface area contributed by atoms with Gasteiger partial charge in [-0.3, -0.25) is 14.7 Å². The van der Waals surface area contributed by atoms with Gasteiger partial charge in [0.2, 0.25) is 0 Å². The van der Waals surface area contributed by atoms with E-state index in [0.717, 1.165) is 61.1 Å². The quantitative estimate of drug-likeness (QED) is 0.538. The molecule has 36 heavy (non-hydrogen) atoms. The van der Waals surface area contributed by atoms with E-state index < -0.39 is 0 Å². The molecule has 1 atom stereocenters. The van der Waals surface area contributed by atoms with Gasteiger partial charge in [-0.05, 0) is 80.7 Å². The van der Waals surface area contributed by atoms with Gasteiger partial charge < -0.3 is 19.0 Å². The summed E-state index contributed by atoms with van der Waals surface area (Å²) in [7, 11) is 3.51. The minimum Gasteiger partial charge on any atom is -0.497 e. The maximum Gasteiger partial charge on any atom is 0.289 e. The highest BCUT2D eigenvalue weighted by atomic mass is 16.5. The van der Waals surface area contributed by atoms with Crippen LogP contribution < -0.4 is 4.74 Å². The molecule has 1 aromatic carbocycles. The first-order valence-corrected chi connectivity index (χ1v) is 12.8. The molecule has 8 nitrogen and oxygen atoms in total. The molecule has 0 unspecified atom stereocenters. The molecule has 190 valence electrons. The van der Waals surface area contributed by atoms with Crippen molar-refractivity contribution in [2.45, 2.75) is 51.0 Å². The lowest BCUT2D eigenvalue weighted by Gasteiger charge is -2.40. The number of furan rings is 1. The lowest BCUT2D eigenvalue weighted by molar-refractivity contribution is 0.0502. The van der Waals surface area contributed by atoms with Crippen molar-refractivity contribution in [3.63, 3.8) is 0 Å². The van der Waals surface area contributed by atoms with Crippen LogP contribution in [-0.4, -0.2) is 65.1 Å². The minimum atomic E-state index is -0.130. The molecule has 0 bridgehead atoms. The molecule has 3 aromatic rings. The number of likely N-dealkylation sites (N-methyl/N-ethyl adjacent to an activating group) is 1. The van der Waals surface area contributed by atoms with Crippen LogP contribution >= 0.6 is 0 Å². The third kappa shape index (κ3) is 4.90. The van der Waals surface area contributed by atoms with E-state index in [4.69, 9.17) is 9.15 Å². The van der Waals surface area contributed by atoms with Gasteiger partial charge in [-0.25, -0.2) is 0 Å². The highest BCUT2D eigenvalue weighted by Gasteiger charge is 2.35. The summed E-state index contributed by atoms with van der Waals surface area (Å²) in [5, 5.41) is 7.48. The second-order valence-electron chi connectivity index (χ2n) is 9.88. The number of nitrogens with zero attached hydrogens (tertiary/aromatic N) is 3. The molecule has 2 aliphatic rings. The van der Waals surface area contributed by atoms with Gasteiger partial charge in [0.05, 0.1) is 13.4 Å². The Balaban J connectivity index is 1.31. The summed E-state index contributed by atoms with van der Waals surface area (Å²) < 4.78 is 10.8. The Bertz CT molecular complexity index is 1190. The average molecular weight is 491 g/mol. The number of nitrogens with one attached hydrogen (secondary N) is 1. The number of benzene rings is 1. The van der Waals surface area contributed by atoms with Crippen LogP contribution in [0.4, 0.5) is 0 Å². The SMILES string of the molecule is COc1cccc(C[C@H](C2CCN(C(=O)c3n[nH]c4c3CCCC4)CC2)N(C)C(=O)c2ccco2)c1. The highest BCUT2D eigenvalue weighted by Crippen LogP contribution is 2.30. The number of piperidine rings is 1. The Morgan fingerprint density at radius 3 is 2.75 bits per heavy atom. The number of carbonyl (C=O) groups excluding carboxylic acids is 2.